The van der Waals surface area contributed by atoms with E-state index in [1.807, 2.05) is 11.3 Å². The summed E-state index contributed by atoms with van der Waals surface area (Å²) in [4.78, 5) is 1.41. The number of ether oxygens (including phenoxy) is 1. The van der Waals surface area contributed by atoms with Gasteiger partial charge in [-0.05, 0) is 35.4 Å². The van der Waals surface area contributed by atoms with Crippen LogP contribution in [0.2, 0.25) is 0 Å². The van der Waals surface area contributed by atoms with E-state index in [0.29, 0.717) is 0 Å². The molecule has 0 spiro atoms. The maximum absolute atomic E-state index is 6.70. The summed E-state index contributed by atoms with van der Waals surface area (Å²) in [5.41, 5.74) is 2.23. The molecule has 0 saturated carbocycles. The van der Waals surface area contributed by atoms with Gasteiger partial charge in [-0.25, -0.2) is 0 Å². The Morgan fingerprint density at radius 3 is 2.09 bits per heavy atom. The first-order valence-corrected chi connectivity index (χ1v) is 9.06. The van der Waals surface area contributed by atoms with E-state index >= 15 is 0 Å². The zero-order valence-corrected chi connectivity index (χ0v) is 13.8. The smallest absolute Gasteiger partial charge is 0.119 e. The minimum atomic E-state index is -0.301. The Hall–Kier alpha value is -1.90. The van der Waals surface area contributed by atoms with Gasteiger partial charge in [-0.3, -0.25) is 0 Å². The number of hydrogen-bond donors (Lipinski definition) is 0. The van der Waals surface area contributed by atoms with Crippen molar-refractivity contribution in [1.29, 1.82) is 0 Å². The molecule has 2 heterocycles. The lowest BCUT2D eigenvalue weighted by Crippen LogP contribution is -2.28. The van der Waals surface area contributed by atoms with Gasteiger partial charge in [0.15, 0.2) is 0 Å². The molecule has 1 nitrogen and oxygen atoms in total. The van der Waals surface area contributed by atoms with E-state index in [9.17, 15) is 0 Å². The summed E-state index contributed by atoms with van der Waals surface area (Å²) in [7, 11) is 0. The molecule has 0 N–H and O–H groups in total. The molecule has 23 heavy (non-hydrogen) atoms. The molecule has 1 atom stereocenters. The van der Waals surface area contributed by atoms with Gasteiger partial charge in [-0.15, -0.1) is 11.3 Å². The molecule has 0 unspecified atom stereocenters. The van der Waals surface area contributed by atoms with Crippen molar-refractivity contribution in [2.24, 2.45) is 0 Å². The van der Waals surface area contributed by atoms with Crippen molar-refractivity contribution in [3.63, 3.8) is 0 Å². The average molecular weight is 320 g/mol. The summed E-state index contributed by atoms with van der Waals surface area (Å²) in [6, 6.07) is 25.7. The third kappa shape index (κ3) is 2.85. The predicted molar refractivity (Wildman–Crippen MR) is 95.8 cm³/mol. The zero-order valence-electron chi connectivity index (χ0n) is 13.0. The molecular weight excluding hydrogens is 300 g/mol. The number of thiophene rings is 1. The molecule has 2 aromatic carbocycles. The lowest BCUT2D eigenvalue weighted by Gasteiger charge is -2.31. The van der Waals surface area contributed by atoms with Gasteiger partial charge in [0.1, 0.15) is 5.60 Å². The molecule has 4 rings (SSSR count). The van der Waals surface area contributed by atoms with E-state index < -0.39 is 0 Å². The van der Waals surface area contributed by atoms with Crippen molar-refractivity contribution in [1.82, 2.24) is 0 Å². The highest BCUT2D eigenvalue weighted by Gasteiger charge is 2.43. The highest BCUT2D eigenvalue weighted by atomic mass is 32.1. The van der Waals surface area contributed by atoms with Crippen LogP contribution < -0.4 is 0 Å². The van der Waals surface area contributed by atoms with E-state index in [-0.39, 0.29) is 11.7 Å². The van der Waals surface area contributed by atoms with Crippen molar-refractivity contribution in [3.8, 4) is 0 Å². The number of benzene rings is 2. The molecule has 1 saturated heterocycles. The third-order valence-electron chi connectivity index (χ3n) is 4.68. The molecule has 0 aliphatic carbocycles. The lowest BCUT2D eigenvalue weighted by atomic mass is 9.84. The maximum atomic E-state index is 6.70. The van der Waals surface area contributed by atoms with Crippen LogP contribution >= 0.6 is 11.3 Å². The molecule has 0 amide bonds. The molecule has 3 aromatic rings. The maximum Gasteiger partial charge on any atom is 0.119 e. The summed E-state index contributed by atoms with van der Waals surface area (Å²) < 4.78 is 6.70. The van der Waals surface area contributed by atoms with Crippen LogP contribution in [0.3, 0.4) is 0 Å². The molecule has 1 aliphatic heterocycles. The van der Waals surface area contributed by atoms with Crippen LogP contribution in [0.5, 0.6) is 0 Å². The second kappa shape index (κ2) is 6.31. The highest BCUT2D eigenvalue weighted by Crippen LogP contribution is 2.45. The van der Waals surface area contributed by atoms with Gasteiger partial charge in [0, 0.05) is 11.3 Å². The molecular formula is C21H20OS. The Kier molecular flexibility index (Phi) is 4.02. The van der Waals surface area contributed by atoms with E-state index in [4.69, 9.17) is 4.74 Å². The Balaban J connectivity index is 1.68. The van der Waals surface area contributed by atoms with Crippen molar-refractivity contribution in [2.45, 2.75) is 31.0 Å². The predicted octanol–water partition coefficient (Wildman–Crippen LogP) is 5.41. The van der Waals surface area contributed by atoms with Gasteiger partial charge in [0.25, 0.3) is 0 Å². The molecule has 1 fully saturated rings. The van der Waals surface area contributed by atoms with Crippen molar-refractivity contribution in [2.75, 3.05) is 0 Å². The molecule has 1 aromatic heterocycles. The Bertz CT molecular complexity index is 695. The number of hydrogen-bond acceptors (Lipinski definition) is 2. The van der Waals surface area contributed by atoms with Crippen LogP contribution in [0, 0.1) is 0 Å². The minimum absolute atomic E-state index is 0.286. The van der Waals surface area contributed by atoms with Crippen LogP contribution in [-0.4, -0.2) is 6.10 Å². The second-order valence-electron chi connectivity index (χ2n) is 6.12. The molecule has 1 aliphatic rings. The van der Waals surface area contributed by atoms with Gasteiger partial charge >= 0.3 is 0 Å². The number of rotatable bonds is 4. The van der Waals surface area contributed by atoms with Gasteiger partial charge < -0.3 is 4.74 Å². The van der Waals surface area contributed by atoms with Gasteiger partial charge in [-0.1, -0.05) is 66.7 Å². The normalized spacial score (nSPS) is 19.7. The van der Waals surface area contributed by atoms with Crippen LogP contribution in [0.1, 0.15) is 28.8 Å². The summed E-state index contributed by atoms with van der Waals surface area (Å²) in [6.45, 7) is 0. The minimum Gasteiger partial charge on any atom is -0.362 e. The molecule has 0 radical (unpaired) electrons. The average Bonchev–Trinajstić information content (AvgIpc) is 3.28. The lowest BCUT2D eigenvalue weighted by molar-refractivity contribution is -0.0156. The Morgan fingerprint density at radius 1 is 0.870 bits per heavy atom. The van der Waals surface area contributed by atoms with Crippen LogP contribution in [0.15, 0.2) is 78.2 Å². The fourth-order valence-electron chi connectivity index (χ4n) is 3.57. The van der Waals surface area contributed by atoms with E-state index in [1.54, 1.807) is 0 Å². The van der Waals surface area contributed by atoms with Crippen LogP contribution in [0.25, 0.3) is 0 Å². The first-order chi connectivity index (χ1) is 11.4. The third-order valence-corrected chi connectivity index (χ3v) is 5.57. The first kappa shape index (κ1) is 14.7. The van der Waals surface area contributed by atoms with Gasteiger partial charge in [-0.2, -0.15) is 0 Å². The standard InChI is InChI=1S/C21H20OS/c1-3-8-17(9-4-1)21(18-10-5-2-6-11-18)14-13-19(22-21)16-20-12-7-15-23-20/h1-12,15,19H,13-14,16H2/t19-/m1/s1. The van der Waals surface area contributed by atoms with E-state index in [0.717, 1.165) is 19.3 Å². The first-order valence-electron chi connectivity index (χ1n) is 8.18. The molecule has 0 bridgehead atoms. The van der Waals surface area contributed by atoms with Crippen LogP contribution in [-0.2, 0) is 16.8 Å². The van der Waals surface area contributed by atoms with Crippen LogP contribution in [0.4, 0.5) is 0 Å². The fraction of sp³-hybridized carbons (Fsp3) is 0.238. The van der Waals surface area contributed by atoms with Gasteiger partial charge in [0.05, 0.1) is 6.10 Å². The SMILES string of the molecule is c1ccc(C2(c3ccccc3)CC[C@H](Cc3cccs3)O2)cc1. The Labute approximate surface area is 141 Å². The van der Waals surface area contributed by atoms with Gasteiger partial charge in [0.2, 0.25) is 0 Å². The monoisotopic (exact) mass is 320 g/mol. The van der Waals surface area contributed by atoms with E-state index in [1.165, 1.54) is 16.0 Å². The molecule has 116 valence electrons. The summed E-state index contributed by atoms with van der Waals surface area (Å²) in [6.07, 6.45) is 3.44. The molecule has 2 heteroatoms. The van der Waals surface area contributed by atoms with Crippen molar-refractivity contribution < 1.29 is 4.74 Å². The largest absolute Gasteiger partial charge is 0.362 e. The second-order valence-corrected chi connectivity index (χ2v) is 7.15. The van der Waals surface area contributed by atoms with Crippen molar-refractivity contribution in [3.05, 3.63) is 94.2 Å². The zero-order chi connectivity index (χ0) is 15.5. The highest BCUT2D eigenvalue weighted by molar-refractivity contribution is 7.09. The fourth-order valence-corrected chi connectivity index (χ4v) is 4.34. The summed E-state index contributed by atoms with van der Waals surface area (Å²) >= 11 is 1.82. The summed E-state index contributed by atoms with van der Waals surface area (Å²) in [5, 5.41) is 2.14. The quantitative estimate of drug-likeness (QED) is 0.624. The topological polar surface area (TPSA) is 9.23 Å². The Morgan fingerprint density at radius 2 is 1.52 bits per heavy atom. The van der Waals surface area contributed by atoms with Crippen molar-refractivity contribution >= 4 is 11.3 Å². The van der Waals surface area contributed by atoms with E-state index in [2.05, 4.69) is 78.2 Å². The summed E-state index contributed by atoms with van der Waals surface area (Å²) in [5.74, 6) is 0.